The lowest BCUT2D eigenvalue weighted by Crippen LogP contribution is -2.41. The van der Waals surface area contributed by atoms with Crippen LogP contribution in [0.25, 0.3) is 0 Å². The van der Waals surface area contributed by atoms with Gasteiger partial charge in [0.1, 0.15) is 0 Å². The van der Waals surface area contributed by atoms with E-state index < -0.39 is 10.0 Å². The number of hydrogen-bond acceptors (Lipinski definition) is 5. The molecule has 1 aromatic carbocycles. The Morgan fingerprint density at radius 3 is 2.12 bits per heavy atom. The first-order valence-corrected chi connectivity index (χ1v) is 14.1. The summed E-state index contributed by atoms with van der Waals surface area (Å²) in [5.74, 6) is 0.441. The first kappa shape index (κ1) is 25.0. The minimum Gasteiger partial charge on any atom is -0.371 e. The number of rotatable bonds is 6. The van der Waals surface area contributed by atoms with Crippen molar-refractivity contribution in [3.63, 3.8) is 0 Å². The van der Waals surface area contributed by atoms with Crippen molar-refractivity contribution in [2.45, 2.75) is 56.3 Å². The van der Waals surface area contributed by atoms with Crippen molar-refractivity contribution in [1.82, 2.24) is 14.1 Å². The predicted molar refractivity (Wildman–Crippen MR) is 132 cm³/mol. The van der Waals surface area contributed by atoms with Crippen molar-refractivity contribution in [2.75, 3.05) is 58.3 Å². The quantitative estimate of drug-likeness (QED) is 0.613. The van der Waals surface area contributed by atoms with E-state index in [1.165, 1.54) is 24.8 Å². The minimum atomic E-state index is -3.64. The van der Waals surface area contributed by atoms with E-state index in [1.54, 1.807) is 18.2 Å². The molecule has 8 nitrogen and oxygen atoms in total. The van der Waals surface area contributed by atoms with Crippen LogP contribution in [0.3, 0.4) is 0 Å². The fourth-order valence-electron chi connectivity index (χ4n) is 5.32. The van der Waals surface area contributed by atoms with E-state index in [2.05, 4.69) is 4.90 Å². The average molecular weight is 491 g/mol. The molecule has 1 aromatic rings. The maximum absolute atomic E-state index is 13.7. The Morgan fingerprint density at radius 2 is 1.50 bits per heavy atom. The first-order chi connectivity index (χ1) is 16.3. The third-order valence-corrected chi connectivity index (χ3v) is 9.31. The molecule has 2 amide bonds. The van der Waals surface area contributed by atoms with E-state index >= 15 is 0 Å². The first-order valence-electron chi connectivity index (χ1n) is 12.7. The number of nitrogens with zero attached hydrogens (tertiary/aromatic N) is 4. The van der Waals surface area contributed by atoms with E-state index in [-0.39, 0.29) is 16.7 Å². The standard InChI is InChI=1S/C25H38N4O4S/c1-26(2)34(32,33)21-8-9-23(27-12-4-3-5-13-27)22(19-21)25(31)29-16-10-20(11-17-29)18-24(30)28-14-6-7-15-28/h8-9,19-20H,3-7,10-18H2,1-2H3. The summed E-state index contributed by atoms with van der Waals surface area (Å²) in [5, 5.41) is 0. The minimum absolute atomic E-state index is 0.110. The van der Waals surface area contributed by atoms with Crippen LogP contribution in [0.2, 0.25) is 0 Å². The van der Waals surface area contributed by atoms with Crippen LogP contribution in [-0.2, 0) is 14.8 Å². The van der Waals surface area contributed by atoms with Crippen LogP contribution in [0.5, 0.6) is 0 Å². The van der Waals surface area contributed by atoms with E-state index in [4.69, 9.17) is 0 Å². The molecular weight excluding hydrogens is 452 g/mol. The van der Waals surface area contributed by atoms with E-state index in [0.717, 1.165) is 70.4 Å². The molecule has 4 rings (SSSR count). The van der Waals surface area contributed by atoms with Gasteiger partial charge in [0.25, 0.3) is 5.91 Å². The molecule has 0 aromatic heterocycles. The third-order valence-electron chi connectivity index (χ3n) is 7.50. The molecule has 9 heteroatoms. The number of benzene rings is 1. The van der Waals surface area contributed by atoms with Crippen molar-refractivity contribution < 1.29 is 18.0 Å². The number of likely N-dealkylation sites (tertiary alicyclic amines) is 2. The van der Waals surface area contributed by atoms with Gasteiger partial charge in [-0.3, -0.25) is 9.59 Å². The van der Waals surface area contributed by atoms with Crippen LogP contribution < -0.4 is 4.90 Å². The number of sulfonamides is 1. The van der Waals surface area contributed by atoms with Crippen LogP contribution in [0.1, 0.15) is 61.7 Å². The monoisotopic (exact) mass is 490 g/mol. The Hall–Kier alpha value is -2.13. The second kappa shape index (κ2) is 10.6. The zero-order valence-corrected chi connectivity index (χ0v) is 21.4. The molecule has 3 heterocycles. The maximum Gasteiger partial charge on any atom is 0.256 e. The summed E-state index contributed by atoms with van der Waals surface area (Å²) in [4.78, 5) is 32.4. The van der Waals surface area contributed by atoms with Crippen LogP contribution in [0.15, 0.2) is 23.1 Å². The van der Waals surface area contributed by atoms with Gasteiger partial charge in [-0.15, -0.1) is 0 Å². The summed E-state index contributed by atoms with van der Waals surface area (Å²) in [6.07, 6.45) is 7.69. The highest BCUT2D eigenvalue weighted by Gasteiger charge is 2.30. The highest BCUT2D eigenvalue weighted by atomic mass is 32.2. The molecule has 188 valence electrons. The Morgan fingerprint density at radius 1 is 0.882 bits per heavy atom. The number of carbonyl (C=O) groups excluding carboxylic acids is 2. The summed E-state index contributed by atoms with van der Waals surface area (Å²) in [5.41, 5.74) is 1.30. The molecule has 0 atom stereocenters. The molecule has 0 radical (unpaired) electrons. The molecule has 3 fully saturated rings. The van der Waals surface area contributed by atoms with Crippen LogP contribution in [0.4, 0.5) is 5.69 Å². The molecule has 0 spiro atoms. The number of hydrogen-bond donors (Lipinski definition) is 0. The second-order valence-electron chi connectivity index (χ2n) is 10.0. The topological polar surface area (TPSA) is 81.2 Å². The summed E-state index contributed by atoms with van der Waals surface area (Å²) in [7, 11) is -0.633. The Kier molecular flexibility index (Phi) is 7.82. The molecule has 3 aliphatic heterocycles. The van der Waals surface area contributed by atoms with Gasteiger partial charge in [-0.05, 0) is 69.1 Å². The molecule has 0 bridgehead atoms. The summed E-state index contributed by atoms with van der Waals surface area (Å²) < 4.78 is 26.7. The number of anilines is 1. The van der Waals surface area contributed by atoms with Crippen LogP contribution in [-0.4, -0.2) is 87.7 Å². The summed E-state index contributed by atoms with van der Waals surface area (Å²) >= 11 is 0. The number of amides is 2. The van der Waals surface area contributed by atoms with E-state index in [1.807, 2.05) is 9.80 Å². The van der Waals surface area contributed by atoms with E-state index in [0.29, 0.717) is 31.0 Å². The van der Waals surface area contributed by atoms with Crippen LogP contribution >= 0.6 is 0 Å². The third kappa shape index (κ3) is 5.40. The molecule has 3 aliphatic rings. The Bertz CT molecular complexity index is 990. The fourth-order valence-corrected chi connectivity index (χ4v) is 6.25. The van der Waals surface area contributed by atoms with Crippen molar-refractivity contribution in [3.8, 4) is 0 Å². The SMILES string of the molecule is CN(C)S(=O)(=O)c1ccc(N2CCCCC2)c(C(=O)N2CCC(CC(=O)N3CCCC3)CC2)c1. The van der Waals surface area contributed by atoms with Crippen molar-refractivity contribution in [2.24, 2.45) is 5.92 Å². The van der Waals surface area contributed by atoms with Gasteiger partial charge in [-0.1, -0.05) is 0 Å². The van der Waals surface area contributed by atoms with Gasteiger partial charge in [0.05, 0.1) is 10.5 Å². The second-order valence-corrected chi connectivity index (χ2v) is 12.2. The van der Waals surface area contributed by atoms with Crippen molar-refractivity contribution >= 4 is 27.5 Å². The predicted octanol–water partition coefficient (Wildman–Crippen LogP) is 2.79. The largest absolute Gasteiger partial charge is 0.371 e. The smallest absolute Gasteiger partial charge is 0.256 e. The molecular formula is C25H38N4O4S. The van der Waals surface area contributed by atoms with Gasteiger partial charge in [0.2, 0.25) is 15.9 Å². The van der Waals surface area contributed by atoms with E-state index in [9.17, 15) is 18.0 Å². The number of carbonyl (C=O) groups is 2. The molecule has 0 saturated carbocycles. The van der Waals surface area contributed by atoms with Gasteiger partial charge in [-0.25, -0.2) is 12.7 Å². The lowest BCUT2D eigenvalue weighted by molar-refractivity contribution is -0.131. The fraction of sp³-hybridized carbons (Fsp3) is 0.680. The zero-order chi connectivity index (χ0) is 24.3. The zero-order valence-electron chi connectivity index (χ0n) is 20.5. The van der Waals surface area contributed by atoms with Crippen LogP contribution in [0, 0.1) is 5.92 Å². The summed E-state index contributed by atoms with van der Waals surface area (Å²) in [6, 6.07) is 4.98. The van der Waals surface area contributed by atoms with Gasteiger partial charge < -0.3 is 14.7 Å². The van der Waals surface area contributed by atoms with Crippen molar-refractivity contribution in [3.05, 3.63) is 23.8 Å². The normalized spacial score (nSPS) is 20.3. The molecule has 3 saturated heterocycles. The maximum atomic E-state index is 13.7. The highest BCUT2D eigenvalue weighted by molar-refractivity contribution is 7.89. The van der Waals surface area contributed by atoms with Gasteiger partial charge in [-0.2, -0.15) is 0 Å². The Balaban J connectivity index is 1.50. The van der Waals surface area contributed by atoms with Gasteiger partial charge in [0, 0.05) is 65.5 Å². The lowest BCUT2D eigenvalue weighted by Gasteiger charge is -2.35. The molecule has 34 heavy (non-hydrogen) atoms. The molecule has 0 unspecified atom stereocenters. The van der Waals surface area contributed by atoms with Crippen molar-refractivity contribution in [1.29, 1.82) is 0 Å². The average Bonchev–Trinajstić information content (AvgIpc) is 3.39. The number of piperidine rings is 2. The lowest BCUT2D eigenvalue weighted by atomic mass is 9.92. The highest BCUT2D eigenvalue weighted by Crippen LogP contribution is 2.31. The molecule has 0 N–H and O–H groups in total. The summed E-state index contributed by atoms with van der Waals surface area (Å²) in [6.45, 7) is 4.70. The Labute approximate surface area is 203 Å². The van der Waals surface area contributed by atoms with Gasteiger partial charge >= 0.3 is 0 Å². The van der Waals surface area contributed by atoms with Gasteiger partial charge in [0.15, 0.2) is 0 Å². The molecule has 0 aliphatic carbocycles.